The Bertz CT molecular complexity index is 942. The molecule has 0 aromatic heterocycles. The van der Waals surface area contributed by atoms with E-state index in [0.29, 0.717) is 28.5 Å². The second-order valence-corrected chi connectivity index (χ2v) is 6.45. The Morgan fingerprint density at radius 3 is 2.47 bits per heavy atom. The molecule has 30 heavy (non-hydrogen) atoms. The molecule has 8 heteroatoms. The van der Waals surface area contributed by atoms with Crippen LogP contribution < -0.4 is 24.8 Å². The molecular weight excluding hydrogens is 388 g/mol. The molecule has 0 fully saturated rings. The molecule has 0 bridgehead atoms. The fourth-order valence-corrected chi connectivity index (χ4v) is 3.23. The minimum absolute atomic E-state index is 0.0560. The molecule has 0 aliphatic carbocycles. The number of rotatable bonds is 8. The number of amides is 2. The topological polar surface area (TPSA) is 95.1 Å². The summed E-state index contributed by atoms with van der Waals surface area (Å²) >= 11 is 0. The van der Waals surface area contributed by atoms with Gasteiger partial charge in [0.05, 0.1) is 25.8 Å². The monoisotopic (exact) mass is 412 g/mol. The van der Waals surface area contributed by atoms with Crippen molar-refractivity contribution in [1.29, 1.82) is 0 Å². The lowest BCUT2D eigenvalue weighted by Gasteiger charge is -2.29. The first kappa shape index (κ1) is 21.0. The van der Waals surface area contributed by atoms with Crippen molar-refractivity contribution in [1.82, 2.24) is 10.6 Å². The normalized spacial score (nSPS) is 15.7. The van der Waals surface area contributed by atoms with E-state index in [1.165, 1.54) is 14.2 Å². The molecule has 2 aromatic carbocycles. The summed E-state index contributed by atoms with van der Waals surface area (Å²) in [5.74, 6) is 1.04. The van der Waals surface area contributed by atoms with Crippen LogP contribution in [-0.2, 0) is 9.53 Å². The highest BCUT2D eigenvalue weighted by Crippen LogP contribution is 2.38. The number of benzene rings is 2. The second kappa shape index (κ2) is 9.69. The first-order valence-electron chi connectivity index (χ1n) is 9.39. The van der Waals surface area contributed by atoms with Crippen molar-refractivity contribution in [3.63, 3.8) is 0 Å². The van der Waals surface area contributed by atoms with Crippen LogP contribution >= 0.6 is 0 Å². The molecular formula is C22H24N2O6. The summed E-state index contributed by atoms with van der Waals surface area (Å²) < 4.78 is 21.8. The Morgan fingerprint density at radius 2 is 1.77 bits per heavy atom. The summed E-state index contributed by atoms with van der Waals surface area (Å²) in [6.45, 7) is 1.91. The molecule has 8 nitrogen and oxygen atoms in total. The highest BCUT2D eigenvalue weighted by atomic mass is 16.6. The van der Waals surface area contributed by atoms with E-state index in [0.717, 1.165) is 0 Å². The number of methoxy groups -OCH3 is 2. The van der Waals surface area contributed by atoms with Gasteiger partial charge in [-0.1, -0.05) is 30.3 Å². The van der Waals surface area contributed by atoms with Crippen LogP contribution in [0.25, 0.3) is 0 Å². The van der Waals surface area contributed by atoms with Gasteiger partial charge in [0.15, 0.2) is 11.5 Å². The van der Waals surface area contributed by atoms with Gasteiger partial charge in [-0.2, -0.15) is 0 Å². The predicted molar refractivity (Wildman–Crippen MR) is 110 cm³/mol. The van der Waals surface area contributed by atoms with Gasteiger partial charge in [0, 0.05) is 11.3 Å². The molecule has 158 valence electrons. The lowest BCUT2D eigenvalue weighted by Crippen LogP contribution is -2.45. The van der Waals surface area contributed by atoms with Crippen LogP contribution in [0.15, 0.2) is 59.8 Å². The number of nitrogens with one attached hydrogen (secondary N) is 2. The zero-order valence-corrected chi connectivity index (χ0v) is 17.1. The minimum atomic E-state index is -0.758. The van der Waals surface area contributed by atoms with Crippen LogP contribution in [0, 0.1) is 0 Å². The maximum atomic E-state index is 12.9. The van der Waals surface area contributed by atoms with Crippen molar-refractivity contribution in [2.24, 2.45) is 0 Å². The maximum absolute atomic E-state index is 12.9. The maximum Gasteiger partial charge on any atom is 0.338 e. The van der Waals surface area contributed by atoms with Crippen molar-refractivity contribution < 1.29 is 28.5 Å². The second-order valence-electron chi connectivity index (χ2n) is 6.45. The van der Waals surface area contributed by atoms with E-state index < -0.39 is 18.0 Å². The Labute approximate surface area is 174 Å². The molecule has 0 radical (unpaired) electrons. The lowest BCUT2D eigenvalue weighted by molar-refractivity contribution is -0.140. The number of carbonyl (C=O) groups excluding carboxylic acids is 2. The third-order valence-electron chi connectivity index (χ3n) is 4.56. The highest BCUT2D eigenvalue weighted by molar-refractivity contribution is 5.95. The van der Waals surface area contributed by atoms with Crippen LogP contribution in [0.2, 0.25) is 0 Å². The summed E-state index contributed by atoms with van der Waals surface area (Å²) in [4.78, 5) is 25.0. The Hall–Kier alpha value is -3.68. The first-order chi connectivity index (χ1) is 14.5. The molecule has 1 heterocycles. The summed E-state index contributed by atoms with van der Waals surface area (Å²) in [5, 5.41) is 5.38. The van der Waals surface area contributed by atoms with Crippen molar-refractivity contribution >= 4 is 12.0 Å². The largest absolute Gasteiger partial charge is 0.493 e. The standard InChI is InChI=1S/C22H24N2O6/c1-14-18(21(25)30-13-12-29-15-8-5-4-6-9-15)19(24-22(26)23-14)16-10-7-11-17(27-2)20(16)28-3/h4-11,19H,12-13H2,1-3H3,(H2,23,24,26)/t19-/m1/s1. The third-order valence-corrected chi connectivity index (χ3v) is 4.56. The van der Waals surface area contributed by atoms with Crippen LogP contribution in [-0.4, -0.2) is 39.4 Å². The zero-order valence-electron chi connectivity index (χ0n) is 17.1. The quantitative estimate of drug-likeness (QED) is 0.511. The number of allylic oxidation sites excluding steroid dienone is 1. The van der Waals surface area contributed by atoms with Crippen LogP contribution in [0.1, 0.15) is 18.5 Å². The Kier molecular flexibility index (Phi) is 6.79. The summed E-state index contributed by atoms with van der Waals surface area (Å²) in [6, 6.07) is 13.3. The predicted octanol–water partition coefficient (Wildman–Crippen LogP) is 2.95. The SMILES string of the molecule is COc1cccc([C@H]2NC(=O)NC(C)=C2C(=O)OCCOc2ccccc2)c1OC. The van der Waals surface area contributed by atoms with Crippen LogP contribution in [0.3, 0.4) is 0 Å². The minimum Gasteiger partial charge on any atom is -0.493 e. The van der Waals surface area contributed by atoms with Crippen molar-refractivity contribution in [2.75, 3.05) is 27.4 Å². The van der Waals surface area contributed by atoms with E-state index in [4.69, 9.17) is 18.9 Å². The van der Waals surface area contributed by atoms with Crippen LogP contribution in [0.4, 0.5) is 4.79 Å². The lowest BCUT2D eigenvalue weighted by atomic mass is 9.94. The zero-order chi connectivity index (χ0) is 21.5. The third kappa shape index (κ3) is 4.65. The van der Waals surface area contributed by atoms with Gasteiger partial charge in [0.2, 0.25) is 0 Å². The molecule has 0 saturated carbocycles. The Morgan fingerprint density at radius 1 is 1.00 bits per heavy atom. The van der Waals surface area contributed by atoms with Gasteiger partial charge in [0.25, 0.3) is 0 Å². The fourth-order valence-electron chi connectivity index (χ4n) is 3.23. The average Bonchev–Trinajstić information content (AvgIpc) is 2.76. The van der Waals surface area contributed by atoms with Gasteiger partial charge in [-0.25, -0.2) is 9.59 Å². The number of ether oxygens (including phenoxy) is 4. The molecule has 0 spiro atoms. The molecule has 1 aliphatic rings. The molecule has 2 N–H and O–H groups in total. The number of esters is 1. The van der Waals surface area contributed by atoms with Gasteiger partial charge in [0.1, 0.15) is 19.0 Å². The number of hydrogen-bond acceptors (Lipinski definition) is 6. The van der Waals surface area contributed by atoms with Gasteiger partial charge in [-0.05, 0) is 25.1 Å². The van der Waals surface area contributed by atoms with E-state index >= 15 is 0 Å². The molecule has 2 aromatic rings. The molecule has 0 unspecified atom stereocenters. The number of urea groups is 1. The molecule has 2 amide bonds. The van der Waals surface area contributed by atoms with E-state index in [1.54, 1.807) is 25.1 Å². The van der Waals surface area contributed by atoms with E-state index in [1.807, 2.05) is 30.3 Å². The van der Waals surface area contributed by atoms with E-state index in [2.05, 4.69) is 10.6 Å². The molecule has 1 aliphatic heterocycles. The summed E-state index contributed by atoms with van der Waals surface area (Å²) in [7, 11) is 3.02. The van der Waals surface area contributed by atoms with Crippen molar-refractivity contribution in [2.45, 2.75) is 13.0 Å². The molecule has 0 saturated heterocycles. The molecule has 3 rings (SSSR count). The summed E-state index contributed by atoms with van der Waals surface area (Å²) in [5.41, 5.74) is 1.27. The fraction of sp³-hybridized carbons (Fsp3) is 0.273. The highest BCUT2D eigenvalue weighted by Gasteiger charge is 2.34. The van der Waals surface area contributed by atoms with Crippen LogP contribution in [0.5, 0.6) is 17.2 Å². The van der Waals surface area contributed by atoms with Gasteiger partial charge < -0.3 is 29.6 Å². The van der Waals surface area contributed by atoms with Crippen molar-refractivity contribution in [3.8, 4) is 17.2 Å². The van der Waals surface area contributed by atoms with Gasteiger partial charge in [-0.15, -0.1) is 0 Å². The average molecular weight is 412 g/mol. The first-order valence-corrected chi connectivity index (χ1v) is 9.39. The number of carbonyl (C=O) groups is 2. The van der Waals surface area contributed by atoms with Gasteiger partial charge >= 0.3 is 12.0 Å². The van der Waals surface area contributed by atoms with Crippen molar-refractivity contribution in [3.05, 3.63) is 65.4 Å². The van der Waals surface area contributed by atoms with E-state index in [-0.39, 0.29) is 18.8 Å². The summed E-state index contributed by atoms with van der Waals surface area (Å²) in [6.07, 6.45) is 0. The number of hydrogen-bond donors (Lipinski definition) is 2. The molecule has 1 atom stereocenters. The van der Waals surface area contributed by atoms with E-state index in [9.17, 15) is 9.59 Å². The smallest absolute Gasteiger partial charge is 0.338 e. The number of para-hydroxylation sites is 2. The Balaban J connectivity index is 1.78. The van der Waals surface area contributed by atoms with Gasteiger partial charge in [-0.3, -0.25) is 0 Å².